The summed E-state index contributed by atoms with van der Waals surface area (Å²) in [7, 11) is -4.73. The third-order valence-electron chi connectivity index (χ3n) is 4.48. The number of hydrogen-bond acceptors (Lipinski definition) is 6. The van der Waals surface area contributed by atoms with Crippen molar-refractivity contribution < 1.29 is 65.9 Å². The molecule has 1 unspecified atom stereocenters. The second-order valence-electron chi connectivity index (χ2n) is 7.13. The van der Waals surface area contributed by atoms with E-state index in [4.69, 9.17) is 9.47 Å². The summed E-state index contributed by atoms with van der Waals surface area (Å²) in [6.07, 6.45) is 11.3. The summed E-state index contributed by atoms with van der Waals surface area (Å²) >= 11 is 0. The van der Waals surface area contributed by atoms with Gasteiger partial charge in [-0.05, 0) is 12.8 Å². The summed E-state index contributed by atoms with van der Waals surface area (Å²) in [6, 6.07) is 0. The maximum Gasteiger partial charge on any atom is 2.00 e. The third kappa shape index (κ3) is 21.0. The van der Waals surface area contributed by atoms with Crippen LogP contribution in [0.1, 0.15) is 102 Å². The van der Waals surface area contributed by atoms with E-state index in [-0.39, 0.29) is 84.8 Å². The molecule has 0 amide bonds. The fourth-order valence-corrected chi connectivity index (χ4v) is 3.39. The van der Waals surface area contributed by atoms with E-state index in [0.717, 1.165) is 57.8 Å². The zero-order chi connectivity index (χ0) is 21.3. The molecule has 10 heteroatoms. The molecule has 0 spiro atoms. The van der Waals surface area contributed by atoms with Crippen molar-refractivity contribution in [2.75, 3.05) is 13.2 Å². The molecule has 1 atom stereocenters. The largest absolute Gasteiger partial charge is 2.00 e. The summed E-state index contributed by atoms with van der Waals surface area (Å²) in [5.74, 6) is -1.93. The van der Waals surface area contributed by atoms with Gasteiger partial charge in [0.2, 0.25) is 0 Å². The Labute approximate surface area is 239 Å². The van der Waals surface area contributed by atoms with E-state index in [2.05, 4.69) is 13.8 Å². The number of unbranched alkanes of at least 4 members (excludes halogenated alkanes) is 10. The van der Waals surface area contributed by atoms with E-state index in [1.165, 1.54) is 6.42 Å². The SMILES string of the molecule is CCCCCCCCOC(=O)CC(C(=O)OCCCCCCCC)S(=O)(=O)O.[Ca+2].[H-].[H-].[H-].[Na+]. The van der Waals surface area contributed by atoms with Gasteiger partial charge >= 0.3 is 79.2 Å². The molecule has 0 aromatic carbocycles. The van der Waals surface area contributed by atoms with Crippen LogP contribution in [0.3, 0.4) is 0 Å². The van der Waals surface area contributed by atoms with Crippen LogP contribution in [0, 0.1) is 0 Å². The van der Waals surface area contributed by atoms with Gasteiger partial charge in [0.1, 0.15) is 0 Å². The van der Waals surface area contributed by atoms with Crippen LogP contribution in [-0.2, 0) is 29.2 Å². The predicted molar refractivity (Wildman–Crippen MR) is 118 cm³/mol. The van der Waals surface area contributed by atoms with Crippen molar-refractivity contribution in [1.29, 1.82) is 0 Å². The first-order valence-electron chi connectivity index (χ1n) is 10.6. The Morgan fingerprint density at radius 1 is 0.800 bits per heavy atom. The number of carbonyl (C=O) groups is 2. The van der Waals surface area contributed by atoms with Gasteiger partial charge in [0, 0.05) is 0 Å². The van der Waals surface area contributed by atoms with Crippen molar-refractivity contribution >= 4 is 59.8 Å². The second-order valence-corrected chi connectivity index (χ2v) is 8.73. The quantitative estimate of drug-likeness (QED) is 0.134. The normalized spacial score (nSPS) is 11.7. The topological polar surface area (TPSA) is 107 Å². The monoisotopic (exact) mass is 488 g/mol. The molecule has 172 valence electrons. The van der Waals surface area contributed by atoms with Gasteiger partial charge in [-0.2, -0.15) is 8.42 Å². The molecule has 0 saturated heterocycles. The van der Waals surface area contributed by atoms with Crippen LogP contribution in [-0.4, -0.2) is 81.1 Å². The number of esters is 2. The van der Waals surface area contributed by atoms with E-state index in [1.807, 2.05) is 0 Å². The van der Waals surface area contributed by atoms with Crippen molar-refractivity contribution in [2.24, 2.45) is 0 Å². The van der Waals surface area contributed by atoms with Gasteiger partial charge in [-0.3, -0.25) is 14.1 Å². The molecule has 0 fully saturated rings. The van der Waals surface area contributed by atoms with Gasteiger partial charge in [0.05, 0.1) is 19.6 Å². The first-order chi connectivity index (χ1) is 13.3. The van der Waals surface area contributed by atoms with Crippen molar-refractivity contribution in [3.05, 3.63) is 0 Å². The predicted octanol–water partition coefficient (Wildman–Crippen LogP) is 1.40. The van der Waals surface area contributed by atoms with Crippen LogP contribution in [0.15, 0.2) is 0 Å². The molecule has 0 radical (unpaired) electrons. The van der Waals surface area contributed by atoms with Gasteiger partial charge in [0.25, 0.3) is 10.1 Å². The van der Waals surface area contributed by atoms with Crippen LogP contribution in [0.2, 0.25) is 0 Å². The standard InChI is InChI=1S/C20H38O7S.Ca.Na.3H/c1-3-5-7-9-11-13-15-26-19(21)17-18(28(23,24)25)20(22)27-16-14-12-10-8-6-4-2;;;;;/h18H,3-17H2,1-2H3,(H,23,24,25);;;;;/q;+2;+1;3*-1. The maximum absolute atomic E-state index is 12.0. The van der Waals surface area contributed by atoms with Crippen LogP contribution in [0.4, 0.5) is 0 Å². The summed E-state index contributed by atoms with van der Waals surface area (Å²) in [6.45, 7) is 4.50. The van der Waals surface area contributed by atoms with Crippen LogP contribution in [0.5, 0.6) is 0 Å². The molecule has 30 heavy (non-hydrogen) atoms. The summed E-state index contributed by atoms with van der Waals surface area (Å²) < 4.78 is 42.0. The molecule has 0 aromatic heterocycles. The number of hydrogen-bond donors (Lipinski definition) is 1. The summed E-state index contributed by atoms with van der Waals surface area (Å²) in [5, 5.41) is -1.93. The zero-order valence-electron chi connectivity index (χ0n) is 22.2. The minimum Gasteiger partial charge on any atom is -1.00 e. The van der Waals surface area contributed by atoms with E-state index < -0.39 is 33.7 Å². The van der Waals surface area contributed by atoms with Crippen molar-refractivity contribution in [3.8, 4) is 0 Å². The third-order valence-corrected chi connectivity index (χ3v) is 5.56. The molecule has 1 N–H and O–H groups in total. The molecule has 0 heterocycles. The molecule has 0 rings (SSSR count). The molecule has 0 aromatic rings. The van der Waals surface area contributed by atoms with E-state index in [9.17, 15) is 22.6 Å². The Morgan fingerprint density at radius 2 is 1.20 bits per heavy atom. The van der Waals surface area contributed by atoms with Gasteiger partial charge < -0.3 is 13.8 Å². The Morgan fingerprint density at radius 3 is 1.63 bits per heavy atom. The Kier molecular flexibility index (Phi) is 27.7. The Hall–Kier alpha value is 1.11. The average Bonchev–Trinajstić information content (AvgIpc) is 2.63. The van der Waals surface area contributed by atoms with Gasteiger partial charge in [-0.1, -0.05) is 78.1 Å². The summed E-state index contributed by atoms with van der Waals surface area (Å²) in [5.41, 5.74) is 0. The molecule has 0 bridgehead atoms. The van der Waals surface area contributed by atoms with Gasteiger partial charge in [-0.15, -0.1) is 0 Å². The number of rotatable bonds is 18. The zero-order valence-corrected chi connectivity index (χ0v) is 24.2. The van der Waals surface area contributed by atoms with Crippen molar-refractivity contribution in [3.63, 3.8) is 0 Å². The Bertz CT molecular complexity index is 544. The molecule has 0 aliphatic carbocycles. The smallest absolute Gasteiger partial charge is 1.00 e. The Balaban J connectivity index is -0.000000364. The molecular weight excluding hydrogens is 447 g/mol. The molecular formula is C20H41CaNaO7S. The average molecular weight is 489 g/mol. The molecule has 0 aliphatic heterocycles. The maximum atomic E-state index is 12.0. The number of carbonyl (C=O) groups excluding carboxylic acids is 2. The van der Waals surface area contributed by atoms with Crippen LogP contribution in [0.25, 0.3) is 0 Å². The first kappa shape index (κ1) is 35.7. The molecule has 7 nitrogen and oxygen atoms in total. The van der Waals surface area contributed by atoms with E-state index in [1.54, 1.807) is 0 Å². The van der Waals surface area contributed by atoms with Crippen molar-refractivity contribution in [1.82, 2.24) is 0 Å². The van der Waals surface area contributed by atoms with E-state index >= 15 is 0 Å². The first-order valence-corrected chi connectivity index (χ1v) is 12.1. The second kappa shape index (κ2) is 23.3. The van der Waals surface area contributed by atoms with E-state index in [0.29, 0.717) is 12.8 Å². The van der Waals surface area contributed by atoms with Gasteiger partial charge in [-0.25, -0.2) is 0 Å². The fraction of sp³-hybridized carbons (Fsp3) is 0.900. The van der Waals surface area contributed by atoms with Crippen molar-refractivity contribution in [2.45, 2.75) is 103 Å². The summed E-state index contributed by atoms with van der Waals surface area (Å²) in [4.78, 5) is 23.8. The van der Waals surface area contributed by atoms with Crippen LogP contribution >= 0.6 is 0 Å². The van der Waals surface area contributed by atoms with Gasteiger partial charge in [0.15, 0.2) is 5.25 Å². The fourth-order valence-electron chi connectivity index (χ4n) is 2.74. The molecule has 0 saturated carbocycles. The molecule has 0 aliphatic rings. The van der Waals surface area contributed by atoms with Crippen LogP contribution < -0.4 is 29.6 Å². The number of ether oxygens (including phenoxy) is 2. The minimum absolute atomic E-state index is 0. The minimum atomic E-state index is -4.73.